The van der Waals surface area contributed by atoms with Crippen molar-refractivity contribution in [2.24, 2.45) is 5.41 Å². The van der Waals surface area contributed by atoms with Crippen LogP contribution in [0, 0.1) is 11.2 Å². The molecule has 3 aromatic carbocycles. The van der Waals surface area contributed by atoms with Crippen LogP contribution in [0.25, 0.3) is 0 Å². The Hall–Kier alpha value is -5.51. The number of hydrogen-bond donors (Lipinski definition) is 5. The molecule has 3 amide bonds. The number of aromatic nitrogens is 3. The molecule has 0 unspecified atom stereocenters. The molecular formula is C35H35ClF4N8O4. The molecule has 4 aromatic rings. The van der Waals surface area contributed by atoms with Gasteiger partial charge in [0, 0.05) is 41.5 Å². The first-order valence-corrected chi connectivity index (χ1v) is 16.4. The second-order valence-corrected chi connectivity index (χ2v) is 13.3. The standard InChI is InChI=1S/C35H35ClF4N8O4/c1-33(2,19-43-29(51)28(50)41-17-22-5-3-4-6-26(22)37)18-42-27(49)21-7-13-25(14-8-21)44-30-45-31(47-32(46-30)52-20-35(38,39)40)48-34(15-16-34)23-9-11-24(36)12-10-23/h3-14H,15-20H2,1-2H3,(H,41,50)(H,42,49)(H,43,51)(H2,44,45,46,47,48). The predicted octanol–water partition coefficient (Wildman–Crippen LogP) is 5.64. The van der Waals surface area contributed by atoms with Gasteiger partial charge in [-0.2, -0.15) is 28.1 Å². The van der Waals surface area contributed by atoms with Crippen LogP contribution >= 0.6 is 11.6 Å². The van der Waals surface area contributed by atoms with E-state index in [9.17, 15) is 31.9 Å². The summed E-state index contributed by atoms with van der Waals surface area (Å²) in [6, 6.07) is 18.7. The van der Waals surface area contributed by atoms with Crippen molar-refractivity contribution < 1.29 is 36.7 Å². The molecular weight excluding hydrogens is 708 g/mol. The van der Waals surface area contributed by atoms with Gasteiger partial charge in [0.15, 0.2) is 6.61 Å². The zero-order valence-electron chi connectivity index (χ0n) is 28.0. The average molecular weight is 743 g/mol. The highest BCUT2D eigenvalue weighted by Crippen LogP contribution is 2.48. The van der Waals surface area contributed by atoms with Crippen LogP contribution in [0.2, 0.25) is 5.02 Å². The second-order valence-electron chi connectivity index (χ2n) is 12.9. The number of carbonyl (C=O) groups is 3. The number of carbonyl (C=O) groups excluding carboxylic acids is 3. The SMILES string of the molecule is CC(C)(CNC(=O)C(=O)NCc1ccccc1F)CNC(=O)c1ccc(Nc2nc(NC3(c4ccc(Cl)cc4)CC3)nc(OCC(F)(F)F)n2)cc1. The normalized spacial score (nSPS) is 13.4. The van der Waals surface area contributed by atoms with E-state index in [-0.39, 0.29) is 37.1 Å². The summed E-state index contributed by atoms with van der Waals surface area (Å²) in [5.74, 6) is -2.83. The molecule has 0 bridgehead atoms. The molecule has 0 saturated heterocycles. The molecule has 1 aliphatic rings. The molecule has 0 spiro atoms. The van der Waals surface area contributed by atoms with Crippen LogP contribution in [-0.4, -0.2) is 58.5 Å². The van der Waals surface area contributed by atoms with Gasteiger partial charge >= 0.3 is 24.0 Å². The summed E-state index contributed by atoms with van der Waals surface area (Å²) in [7, 11) is 0. The molecule has 1 saturated carbocycles. The lowest BCUT2D eigenvalue weighted by molar-refractivity contribution is -0.154. The van der Waals surface area contributed by atoms with Crippen LogP contribution in [0.4, 0.5) is 35.1 Å². The van der Waals surface area contributed by atoms with E-state index in [0.29, 0.717) is 16.3 Å². The van der Waals surface area contributed by atoms with Gasteiger partial charge in [-0.25, -0.2) is 4.39 Å². The average Bonchev–Trinajstić information content (AvgIpc) is 3.88. The minimum absolute atomic E-state index is 0.000120. The van der Waals surface area contributed by atoms with Gasteiger partial charge in [-0.15, -0.1) is 0 Å². The fourth-order valence-electron chi connectivity index (χ4n) is 4.89. The zero-order valence-corrected chi connectivity index (χ0v) is 28.8. The minimum Gasteiger partial charge on any atom is -0.454 e. The predicted molar refractivity (Wildman–Crippen MR) is 184 cm³/mol. The Labute approximate surface area is 301 Å². The minimum atomic E-state index is -4.61. The van der Waals surface area contributed by atoms with Crippen LogP contribution in [0.5, 0.6) is 6.01 Å². The topological polar surface area (TPSA) is 159 Å². The maximum Gasteiger partial charge on any atom is 0.422 e. The van der Waals surface area contributed by atoms with Gasteiger partial charge in [-0.05, 0) is 66.3 Å². The molecule has 274 valence electrons. The maximum atomic E-state index is 13.8. The van der Waals surface area contributed by atoms with Gasteiger partial charge in [0.1, 0.15) is 5.82 Å². The number of nitrogens with zero attached hydrogens (tertiary/aromatic N) is 3. The number of rotatable bonds is 14. The molecule has 5 rings (SSSR count). The fraction of sp³-hybridized carbons (Fsp3) is 0.314. The van der Waals surface area contributed by atoms with Crippen LogP contribution < -0.4 is 31.3 Å². The van der Waals surface area contributed by atoms with Crippen molar-refractivity contribution in [1.82, 2.24) is 30.9 Å². The summed E-state index contributed by atoms with van der Waals surface area (Å²) < 4.78 is 57.4. The largest absolute Gasteiger partial charge is 0.454 e. The molecule has 1 heterocycles. The molecule has 1 aliphatic carbocycles. The van der Waals surface area contributed by atoms with Crippen LogP contribution in [0.1, 0.15) is 48.2 Å². The summed E-state index contributed by atoms with van der Waals surface area (Å²) in [5.41, 5.74) is 0.686. The van der Waals surface area contributed by atoms with Crippen molar-refractivity contribution in [3.05, 3.63) is 100 Å². The number of ether oxygens (including phenoxy) is 1. The second kappa shape index (κ2) is 15.8. The Kier molecular flexibility index (Phi) is 11.5. The molecule has 52 heavy (non-hydrogen) atoms. The zero-order chi connectivity index (χ0) is 37.5. The van der Waals surface area contributed by atoms with E-state index < -0.39 is 53.3 Å². The van der Waals surface area contributed by atoms with Crippen LogP contribution in [-0.2, 0) is 21.7 Å². The molecule has 1 fully saturated rings. The lowest BCUT2D eigenvalue weighted by Gasteiger charge is -2.25. The van der Waals surface area contributed by atoms with Crippen molar-refractivity contribution in [1.29, 1.82) is 0 Å². The number of amides is 3. The van der Waals surface area contributed by atoms with Gasteiger partial charge in [0.05, 0.1) is 5.54 Å². The number of anilines is 3. The smallest absolute Gasteiger partial charge is 0.422 e. The van der Waals surface area contributed by atoms with Crippen molar-refractivity contribution in [2.75, 3.05) is 30.3 Å². The van der Waals surface area contributed by atoms with E-state index >= 15 is 0 Å². The number of benzene rings is 3. The molecule has 0 aliphatic heterocycles. The lowest BCUT2D eigenvalue weighted by Crippen LogP contribution is -2.46. The first kappa shape index (κ1) is 37.7. The van der Waals surface area contributed by atoms with Crippen molar-refractivity contribution >= 4 is 46.9 Å². The van der Waals surface area contributed by atoms with Crippen molar-refractivity contribution in [3.63, 3.8) is 0 Å². The first-order chi connectivity index (χ1) is 24.6. The Bertz CT molecular complexity index is 1910. The highest BCUT2D eigenvalue weighted by atomic mass is 35.5. The Morgan fingerprint density at radius 3 is 2.12 bits per heavy atom. The van der Waals surface area contributed by atoms with E-state index in [1.54, 1.807) is 44.2 Å². The summed E-state index contributed by atoms with van der Waals surface area (Å²) in [6.07, 6.45) is -3.16. The third-order valence-corrected chi connectivity index (χ3v) is 8.19. The van der Waals surface area contributed by atoms with E-state index in [0.717, 1.165) is 18.4 Å². The number of nitrogens with one attached hydrogen (secondary N) is 5. The van der Waals surface area contributed by atoms with Crippen molar-refractivity contribution in [3.8, 4) is 6.01 Å². The van der Waals surface area contributed by atoms with Gasteiger partial charge in [0.2, 0.25) is 11.9 Å². The van der Waals surface area contributed by atoms with Crippen molar-refractivity contribution in [2.45, 2.75) is 44.9 Å². The number of halogens is 5. The quantitative estimate of drug-likeness (QED) is 0.0815. The van der Waals surface area contributed by atoms with Gasteiger partial charge < -0.3 is 31.3 Å². The Morgan fingerprint density at radius 2 is 1.46 bits per heavy atom. The lowest BCUT2D eigenvalue weighted by atomic mass is 9.93. The van der Waals surface area contributed by atoms with E-state index in [1.807, 2.05) is 12.1 Å². The number of hydrogen-bond acceptors (Lipinski definition) is 9. The molecule has 0 atom stereocenters. The van der Waals surface area contributed by atoms with E-state index in [2.05, 4.69) is 41.5 Å². The van der Waals surface area contributed by atoms with E-state index in [4.69, 9.17) is 16.3 Å². The Balaban J connectivity index is 1.16. The van der Waals surface area contributed by atoms with Crippen LogP contribution in [0.3, 0.4) is 0 Å². The molecule has 12 nitrogen and oxygen atoms in total. The van der Waals surface area contributed by atoms with E-state index in [1.165, 1.54) is 30.3 Å². The number of alkyl halides is 3. The third kappa shape index (κ3) is 10.7. The van der Waals surface area contributed by atoms with Gasteiger partial charge in [-0.1, -0.05) is 55.8 Å². The highest BCUT2D eigenvalue weighted by molar-refractivity contribution is 6.35. The maximum absolute atomic E-state index is 13.8. The first-order valence-electron chi connectivity index (χ1n) is 16.0. The Morgan fingerprint density at radius 1 is 0.827 bits per heavy atom. The molecule has 1 aromatic heterocycles. The summed E-state index contributed by atoms with van der Waals surface area (Å²) in [6.45, 7) is 2.01. The molecule has 17 heteroatoms. The third-order valence-electron chi connectivity index (χ3n) is 7.94. The molecule has 0 radical (unpaired) electrons. The summed E-state index contributed by atoms with van der Waals surface area (Å²) >= 11 is 6.02. The van der Waals surface area contributed by atoms with Gasteiger partial charge in [0.25, 0.3) is 5.91 Å². The monoisotopic (exact) mass is 742 g/mol. The summed E-state index contributed by atoms with van der Waals surface area (Å²) in [5, 5.41) is 14.4. The highest BCUT2D eigenvalue weighted by Gasteiger charge is 2.45. The van der Waals surface area contributed by atoms with Gasteiger partial charge in [-0.3, -0.25) is 14.4 Å². The fourth-order valence-corrected chi connectivity index (χ4v) is 5.01. The molecule has 5 N–H and O–H groups in total. The summed E-state index contributed by atoms with van der Waals surface area (Å²) in [4.78, 5) is 49.7. The van der Waals surface area contributed by atoms with Crippen LogP contribution in [0.15, 0.2) is 72.8 Å².